The minimum absolute atomic E-state index is 0.0461. The Kier molecular flexibility index (Phi) is 54.8. The molecule has 0 spiro atoms. The van der Waals surface area contributed by atoms with E-state index < -0.39 is 32.5 Å². The summed E-state index contributed by atoms with van der Waals surface area (Å²) in [6.07, 6.45) is 79.6. The van der Waals surface area contributed by atoms with Gasteiger partial charge >= 0.3 is 19.8 Å². The summed E-state index contributed by atoms with van der Waals surface area (Å²) >= 11 is 0. The first-order valence-corrected chi connectivity index (χ1v) is 30.5. The van der Waals surface area contributed by atoms with Crippen molar-refractivity contribution in [2.45, 2.75) is 238 Å². The van der Waals surface area contributed by atoms with Crippen molar-refractivity contribution in [3.8, 4) is 0 Å². The molecule has 2 unspecified atom stereocenters. The number of carbonyl (C=O) groups excluding carboxylic acids is 2. The number of unbranched alkanes of at least 4 members (excludes halogenated alkanes) is 20. The molecule has 0 rings (SSSR count). The standard InChI is InChI=1S/C63H106NO8P/c1-3-5-7-9-11-13-15-17-19-21-23-25-26-27-28-29-30-31-32-33-34-36-38-40-42-44-46-48-50-52-54-56-63(66)72-61(60-71-73(67,68)70-58-57-64)59-69-62(65)55-53-51-49-47-45-43-41-39-37-35-24-22-20-18-16-14-12-10-8-6-4-2/h5-8,11-14,17-20,23-25,27-28,30-31,35,61H,3-4,9-10,15-16,21-22,26,29,32-34,36-60,64H2,1-2H3,(H,67,68)/b7-5-,8-6-,13-11-,14-12-,19-17-,20-18-,25-23-,28-27-,31-30-,35-24-. The van der Waals surface area contributed by atoms with Crippen LogP contribution in [0.25, 0.3) is 0 Å². The van der Waals surface area contributed by atoms with Gasteiger partial charge in [0.05, 0.1) is 13.2 Å². The summed E-state index contributed by atoms with van der Waals surface area (Å²) in [4.78, 5) is 35.2. The predicted octanol–water partition coefficient (Wildman–Crippen LogP) is 18.4. The molecule has 0 aromatic heterocycles. The van der Waals surface area contributed by atoms with Gasteiger partial charge in [0.1, 0.15) is 6.61 Å². The molecule has 0 aromatic carbocycles. The van der Waals surface area contributed by atoms with Gasteiger partial charge in [-0.05, 0) is 103 Å². The number of rotatable bonds is 53. The van der Waals surface area contributed by atoms with Crippen LogP contribution in [-0.2, 0) is 32.7 Å². The van der Waals surface area contributed by atoms with Crippen molar-refractivity contribution in [3.05, 3.63) is 122 Å². The number of hydrogen-bond acceptors (Lipinski definition) is 8. The molecule has 0 aliphatic carbocycles. The van der Waals surface area contributed by atoms with Gasteiger partial charge in [0.25, 0.3) is 0 Å². The van der Waals surface area contributed by atoms with Crippen LogP contribution in [-0.4, -0.2) is 49.3 Å². The molecule has 0 radical (unpaired) electrons. The molecule has 0 aromatic rings. The maximum atomic E-state index is 12.7. The van der Waals surface area contributed by atoms with Crippen LogP contribution in [0.15, 0.2) is 122 Å². The summed E-state index contributed by atoms with van der Waals surface area (Å²) in [5.41, 5.74) is 5.38. The summed E-state index contributed by atoms with van der Waals surface area (Å²) in [6.45, 7) is 3.50. The molecule has 10 heteroatoms. The summed E-state index contributed by atoms with van der Waals surface area (Å²) in [5, 5.41) is 0. The van der Waals surface area contributed by atoms with Crippen LogP contribution in [0, 0.1) is 0 Å². The minimum Gasteiger partial charge on any atom is -0.462 e. The van der Waals surface area contributed by atoms with Crippen LogP contribution in [0.1, 0.15) is 232 Å². The topological polar surface area (TPSA) is 134 Å². The average Bonchev–Trinajstić information content (AvgIpc) is 3.38. The largest absolute Gasteiger partial charge is 0.472 e. The van der Waals surface area contributed by atoms with Crippen molar-refractivity contribution in [2.75, 3.05) is 26.4 Å². The molecule has 9 nitrogen and oxygen atoms in total. The Bertz CT molecular complexity index is 1600. The van der Waals surface area contributed by atoms with E-state index in [1.54, 1.807) is 0 Å². The SMILES string of the molecule is CC/C=C\C/C=C\C/C=C\C/C=C\C/C=C\C/C=C\CCCCCCCCCCCCCCC(=O)OC(COC(=O)CCCCCCCCCC/C=C\C/C=C\C/C=C\C/C=C\CC)COP(=O)(O)OCCN. The zero-order chi connectivity index (χ0) is 53.1. The molecule has 0 saturated carbocycles. The summed E-state index contributed by atoms with van der Waals surface area (Å²) in [7, 11) is -4.40. The second-order valence-corrected chi connectivity index (χ2v) is 20.2. The monoisotopic (exact) mass is 1040 g/mol. The van der Waals surface area contributed by atoms with Gasteiger partial charge in [0.15, 0.2) is 6.10 Å². The van der Waals surface area contributed by atoms with Gasteiger partial charge < -0.3 is 20.1 Å². The first kappa shape index (κ1) is 69.4. The molecule has 0 heterocycles. The highest BCUT2D eigenvalue weighted by Crippen LogP contribution is 2.43. The number of esters is 2. The Labute approximate surface area is 447 Å². The van der Waals surface area contributed by atoms with Crippen LogP contribution < -0.4 is 5.73 Å². The lowest BCUT2D eigenvalue weighted by atomic mass is 10.0. The number of allylic oxidation sites excluding steroid dienone is 20. The molecule has 0 saturated heterocycles. The number of hydrogen-bond donors (Lipinski definition) is 2. The lowest BCUT2D eigenvalue weighted by Gasteiger charge is -2.19. The zero-order valence-electron chi connectivity index (χ0n) is 46.3. The molecule has 0 aliphatic heterocycles. The quantitative estimate of drug-likeness (QED) is 0.0264. The van der Waals surface area contributed by atoms with E-state index in [0.29, 0.717) is 6.42 Å². The van der Waals surface area contributed by atoms with E-state index in [1.165, 1.54) is 83.5 Å². The lowest BCUT2D eigenvalue weighted by molar-refractivity contribution is -0.161. The van der Waals surface area contributed by atoms with Gasteiger partial charge in [-0.15, -0.1) is 0 Å². The Hall–Kier alpha value is -3.59. The lowest BCUT2D eigenvalue weighted by Crippen LogP contribution is -2.29. The number of nitrogens with two attached hydrogens (primary N) is 1. The van der Waals surface area contributed by atoms with Crippen molar-refractivity contribution in [2.24, 2.45) is 5.73 Å². The maximum Gasteiger partial charge on any atom is 0.472 e. The van der Waals surface area contributed by atoms with Crippen molar-refractivity contribution in [1.29, 1.82) is 0 Å². The molecule has 2 atom stereocenters. The summed E-state index contributed by atoms with van der Waals surface area (Å²) in [6, 6.07) is 0. The average molecular weight is 1040 g/mol. The van der Waals surface area contributed by atoms with E-state index in [0.717, 1.165) is 116 Å². The highest BCUT2D eigenvalue weighted by atomic mass is 31.2. The smallest absolute Gasteiger partial charge is 0.462 e. The Balaban J connectivity index is 4.01. The third-order valence-corrected chi connectivity index (χ3v) is 12.8. The minimum atomic E-state index is -4.40. The second-order valence-electron chi connectivity index (χ2n) is 18.7. The number of phosphoric ester groups is 1. The zero-order valence-corrected chi connectivity index (χ0v) is 47.2. The Morgan fingerprint density at radius 2 is 0.712 bits per heavy atom. The third kappa shape index (κ3) is 57.5. The fraction of sp³-hybridized carbons (Fsp3) is 0.651. The molecule has 416 valence electrons. The fourth-order valence-corrected chi connectivity index (χ4v) is 8.40. The number of ether oxygens (including phenoxy) is 2. The van der Waals surface area contributed by atoms with Crippen molar-refractivity contribution in [3.63, 3.8) is 0 Å². The van der Waals surface area contributed by atoms with Gasteiger partial charge in [-0.1, -0.05) is 238 Å². The third-order valence-electron chi connectivity index (χ3n) is 11.8. The molecule has 0 fully saturated rings. The van der Waals surface area contributed by atoms with Crippen LogP contribution >= 0.6 is 7.82 Å². The first-order chi connectivity index (χ1) is 35.8. The molecular formula is C63H106NO8P. The van der Waals surface area contributed by atoms with E-state index in [1.807, 2.05) is 0 Å². The van der Waals surface area contributed by atoms with Gasteiger partial charge in [0.2, 0.25) is 0 Å². The highest BCUT2D eigenvalue weighted by molar-refractivity contribution is 7.47. The van der Waals surface area contributed by atoms with E-state index >= 15 is 0 Å². The van der Waals surface area contributed by atoms with Gasteiger partial charge in [-0.25, -0.2) is 4.57 Å². The predicted molar refractivity (Wildman–Crippen MR) is 311 cm³/mol. The van der Waals surface area contributed by atoms with E-state index in [9.17, 15) is 19.0 Å². The van der Waals surface area contributed by atoms with Gasteiger partial charge in [-0.3, -0.25) is 18.6 Å². The fourth-order valence-electron chi connectivity index (χ4n) is 7.63. The molecule has 73 heavy (non-hydrogen) atoms. The second kappa shape index (κ2) is 57.7. The molecule has 3 N–H and O–H groups in total. The Morgan fingerprint density at radius 1 is 0.411 bits per heavy atom. The van der Waals surface area contributed by atoms with E-state index in [-0.39, 0.29) is 32.6 Å². The molecule has 0 aliphatic rings. The van der Waals surface area contributed by atoms with E-state index in [4.69, 9.17) is 24.3 Å². The van der Waals surface area contributed by atoms with Crippen LogP contribution in [0.3, 0.4) is 0 Å². The molecular weight excluding hydrogens is 930 g/mol. The number of carbonyl (C=O) groups is 2. The van der Waals surface area contributed by atoms with Crippen LogP contribution in [0.2, 0.25) is 0 Å². The summed E-state index contributed by atoms with van der Waals surface area (Å²) in [5.74, 6) is -0.844. The Morgan fingerprint density at radius 3 is 1.05 bits per heavy atom. The molecule has 0 bridgehead atoms. The van der Waals surface area contributed by atoms with Crippen LogP contribution in [0.4, 0.5) is 0 Å². The van der Waals surface area contributed by atoms with Crippen LogP contribution in [0.5, 0.6) is 0 Å². The first-order valence-electron chi connectivity index (χ1n) is 29.0. The van der Waals surface area contributed by atoms with Crippen molar-refractivity contribution in [1.82, 2.24) is 0 Å². The number of phosphoric acid groups is 1. The van der Waals surface area contributed by atoms with Gasteiger partial charge in [-0.2, -0.15) is 0 Å². The highest BCUT2D eigenvalue weighted by Gasteiger charge is 2.26. The molecule has 0 amide bonds. The van der Waals surface area contributed by atoms with Crippen molar-refractivity contribution >= 4 is 19.8 Å². The maximum absolute atomic E-state index is 12.7. The normalized spacial score (nSPS) is 14.0. The van der Waals surface area contributed by atoms with E-state index in [2.05, 4.69) is 135 Å². The van der Waals surface area contributed by atoms with Gasteiger partial charge in [0, 0.05) is 19.4 Å². The summed E-state index contributed by atoms with van der Waals surface area (Å²) < 4.78 is 33.0. The van der Waals surface area contributed by atoms with Crippen molar-refractivity contribution < 1.29 is 37.6 Å².